The Labute approximate surface area is 137 Å². The first kappa shape index (κ1) is 21.2. The third-order valence-electron chi connectivity index (χ3n) is 2.65. The second kappa shape index (κ2) is 10.1. The number of nitrogens with one attached hydrogen (secondary N) is 1. The summed E-state index contributed by atoms with van der Waals surface area (Å²) in [5.41, 5.74) is 4.88. The molecule has 0 aliphatic rings. The van der Waals surface area contributed by atoms with E-state index in [0.717, 1.165) is 37.5 Å². The number of nitrogens with two attached hydrogens (primary N) is 1. The summed E-state index contributed by atoms with van der Waals surface area (Å²) in [6.07, 6.45) is 3.76. The Morgan fingerprint density at radius 2 is 1.87 bits per heavy atom. The van der Waals surface area contributed by atoms with Crippen LogP contribution in [0.2, 0.25) is 0 Å². The van der Waals surface area contributed by atoms with Crippen molar-refractivity contribution in [1.29, 1.82) is 0 Å². The van der Waals surface area contributed by atoms with Crippen molar-refractivity contribution in [3.8, 4) is 5.75 Å². The number of primary amides is 1. The molecule has 0 unspecified atom stereocenters. The summed E-state index contributed by atoms with van der Waals surface area (Å²) in [7, 11) is 0. The number of unbranched alkanes of at least 4 members (excludes halogenated alkanes) is 2. The molecule has 0 aliphatic heterocycles. The minimum atomic E-state index is -4.98. The zero-order chi connectivity index (χ0) is 18.0. The first-order chi connectivity index (χ1) is 10.6. The Bertz CT molecular complexity index is 585. The van der Waals surface area contributed by atoms with Gasteiger partial charge in [0.15, 0.2) is 0 Å². The van der Waals surface area contributed by atoms with E-state index in [4.69, 9.17) is 13.9 Å². The minimum Gasteiger partial charge on any atom is -0.370 e. The Balaban J connectivity index is 0.000000515. The van der Waals surface area contributed by atoms with E-state index in [2.05, 4.69) is 12.2 Å². The van der Waals surface area contributed by atoms with Crippen LogP contribution in [0.1, 0.15) is 39.5 Å². The first-order valence-corrected chi connectivity index (χ1v) is 10.4. The van der Waals surface area contributed by atoms with Crippen molar-refractivity contribution in [2.45, 2.75) is 39.5 Å². The Morgan fingerprint density at radius 3 is 2.30 bits per heavy atom. The maximum Gasteiger partial charge on any atom is 0.217 e. The van der Waals surface area contributed by atoms with Crippen molar-refractivity contribution in [2.24, 2.45) is 5.73 Å². The molecule has 0 aromatic heterocycles. The maximum absolute atomic E-state index is 10.9. The quantitative estimate of drug-likeness (QED) is 0.261. The molecule has 23 heavy (non-hydrogen) atoms. The molecule has 0 aliphatic carbocycles. The summed E-state index contributed by atoms with van der Waals surface area (Å²) in [6.45, 7) is 3.33. The van der Waals surface area contributed by atoms with Crippen LogP contribution in [0.3, 0.4) is 0 Å². The molecule has 0 radical (unpaired) electrons. The Kier molecular flexibility index (Phi) is 9.32. The molecule has 0 atom stereocenters. The summed E-state index contributed by atoms with van der Waals surface area (Å²) >= 11 is -4.98. The second-order valence-electron chi connectivity index (χ2n) is 4.85. The minimum absolute atomic E-state index is 0.00951. The number of amides is 2. The van der Waals surface area contributed by atoms with E-state index in [1.807, 2.05) is 0 Å². The molecule has 8 nitrogen and oxygen atoms in total. The van der Waals surface area contributed by atoms with Gasteiger partial charge in [-0.15, -0.1) is 0 Å². The van der Waals surface area contributed by atoms with Crippen molar-refractivity contribution < 1.29 is 26.6 Å². The van der Waals surface area contributed by atoms with E-state index in [-0.39, 0.29) is 21.7 Å². The van der Waals surface area contributed by atoms with Crippen LogP contribution < -0.4 is 15.4 Å². The molecule has 0 saturated heterocycles. The van der Waals surface area contributed by atoms with Crippen molar-refractivity contribution in [2.75, 3.05) is 5.32 Å². The second-order valence-corrected chi connectivity index (χ2v) is 8.22. The molecule has 0 spiro atoms. The van der Waals surface area contributed by atoms with Gasteiger partial charge in [-0.05, 0) is 6.42 Å². The first-order valence-electron chi connectivity index (χ1n) is 7.03. The molecule has 1 aromatic rings. The molecule has 0 fully saturated rings. The van der Waals surface area contributed by atoms with Crippen LogP contribution in [0.5, 0.6) is 5.75 Å². The predicted molar refractivity (Wildman–Crippen MR) is 86.3 cm³/mol. The maximum atomic E-state index is 10.9. The fourth-order valence-electron chi connectivity index (χ4n) is 1.54. The SMILES string of the molecule is CC(=O)Nc1cc([As](=O)(O)O)ccc1O.CCCCCC(N)=O. The number of hydrogen-bond acceptors (Lipinski definition) is 4. The van der Waals surface area contributed by atoms with Crippen LogP contribution in [-0.4, -0.2) is 39.3 Å². The van der Waals surface area contributed by atoms with E-state index in [1.165, 1.54) is 6.92 Å². The number of hydrogen-bond donors (Lipinski definition) is 5. The Hall–Kier alpha value is -1.76. The summed E-state index contributed by atoms with van der Waals surface area (Å²) in [4.78, 5) is 20.8. The third kappa shape index (κ3) is 9.78. The van der Waals surface area contributed by atoms with Gasteiger partial charge in [-0.25, -0.2) is 0 Å². The number of carbonyl (C=O) groups excluding carboxylic acids is 2. The molecular formula is C14H23AsN2O6. The zero-order valence-electron chi connectivity index (χ0n) is 13.2. The molecule has 0 heterocycles. The van der Waals surface area contributed by atoms with Crippen LogP contribution in [0, 0.1) is 0 Å². The van der Waals surface area contributed by atoms with Crippen LogP contribution in [0.4, 0.5) is 5.69 Å². The molecule has 0 bridgehead atoms. The van der Waals surface area contributed by atoms with Crippen LogP contribution in [0.15, 0.2) is 18.2 Å². The summed E-state index contributed by atoms with van der Waals surface area (Å²) < 4.78 is 28.6. The predicted octanol–water partition coefficient (Wildman–Crippen LogP) is -0.0364. The summed E-state index contributed by atoms with van der Waals surface area (Å²) in [5, 5.41) is 11.6. The van der Waals surface area contributed by atoms with Crippen molar-refractivity contribution in [3.63, 3.8) is 0 Å². The molecule has 6 N–H and O–H groups in total. The largest absolute Gasteiger partial charge is 0.370 e. The van der Waals surface area contributed by atoms with Gasteiger partial charge in [0, 0.05) is 6.42 Å². The fraction of sp³-hybridized carbons (Fsp3) is 0.429. The van der Waals surface area contributed by atoms with Gasteiger partial charge in [-0.3, -0.25) is 4.79 Å². The monoisotopic (exact) mass is 390 g/mol. The van der Waals surface area contributed by atoms with Gasteiger partial charge in [0.05, 0.1) is 0 Å². The number of anilines is 1. The smallest absolute Gasteiger partial charge is 0.217 e. The van der Waals surface area contributed by atoms with Crippen molar-refractivity contribution in [3.05, 3.63) is 18.2 Å². The number of carbonyl (C=O) groups is 2. The fourth-order valence-corrected chi connectivity index (χ4v) is 2.73. The molecule has 2 amide bonds. The van der Waals surface area contributed by atoms with Gasteiger partial charge in [-0.1, -0.05) is 19.8 Å². The van der Waals surface area contributed by atoms with Gasteiger partial charge in [0.2, 0.25) is 5.91 Å². The standard InChI is InChI=1S/C8H10AsNO5.C6H13NO/c1-5(11)10-7-4-6(9(13,14)15)2-3-8(7)12;1-2-3-4-5-6(7)8/h2-4,12H,1H3,(H,10,11)(H2,13,14,15);2-5H2,1H3,(H2,7,8). The molecule has 130 valence electrons. The van der Waals surface area contributed by atoms with E-state index in [1.54, 1.807) is 0 Å². The average Bonchev–Trinajstić information content (AvgIpc) is 2.40. The van der Waals surface area contributed by atoms with Crippen LogP contribution >= 0.6 is 0 Å². The molecule has 1 aromatic carbocycles. The normalized spacial score (nSPS) is 10.4. The Morgan fingerprint density at radius 1 is 1.26 bits per heavy atom. The summed E-state index contributed by atoms with van der Waals surface area (Å²) in [6, 6.07) is 3.32. The molecule has 9 heteroatoms. The number of benzene rings is 1. The average molecular weight is 390 g/mol. The number of phenols is 1. The van der Waals surface area contributed by atoms with Crippen molar-refractivity contribution in [1.82, 2.24) is 0 Å². The van der Waals surface area contributed by atoms with Gasteiger partial charge in [-0.2, -0.15) is 0 Å². The van der Waals surface area contributed by atoms with Crippen LogP contribution in [0.25, 0.3) is 0 Å². The van der Waals surface area contributed by atoms with Crippen molar-refractivity contribution >= 4 is 36.0 Å². The van der Waals surface area contributed by atoms with E-state index < -0.39 is 20.1 Å². The van der Waals surface area contributed by atoms with E-state index in [9.17, 15) is 18.4 Å². The van der Waals surface area contributed by atoms with E-state index >= 15 is 0 Å². The number of aromatic hydroxyl groups is 1. The third-order valence-corrected chi connectivity index (χ3v) is 4.65. The van der Waals surface area contributed by atoms with Gasteiger partial charge in [0.25, 0.3) is 0 Å². The topological polar surface area (TPSA) is 150 Å². The van der Waals surface area contributed by atoms with Crippen LogP contribution in [-0.2, 0) is 13.3 Å². The summed E-state index contributed by atoms with van der Waals surface area (Å²) in [5.74, 6) is -0.850. The molecule has 0 saturated carbocycles. The van der Waals surface area contributed by atoms with E-state index in [0.29, 0.717) is 6.42 Å². The van der Waals surface area contributed by atoms with Gasteiger partial charge >= 0.3 is 88.1 Å². The zero-order valence-corrected chi connectivity index (χ0v) is 15.0. The molecular weight excluding hydrogens is 367 g/mol. The van der Waals surface area contributed by atoms with Gasteiger partial charge < -0.3 is 5.73 Å². The number of phenolic OH excluding ortho intramolecular Hbond substituents is 1. The number of rotatable bonds is 6. The van der Waals surface area contributed by atoms with Gasteiger partial charge in [0.1, 0.15) is 0 Å². The molecule has 1 rings (SSSR count).